The molecule has 0 saturated heterocycles. The third kappa shape index (κ3) is 2.19. The summed E-state index contributed by atoms with van der Waals surface area (Å²) in [5, 5.41) is 12.6. The Bertz CT molecular complexity index is 536. The fraction of sp³-hybridized carbons (Fsp3) is 0.417. The van der Waals surface area contributed by atoms with Gasteiger partial charge in [-0.2, -0.15) is 0 Å². The van der Waals surface area contributed by atoms with Crippen LogP contribution < -0.4 is 0 Å². The summed E-state index contributed by atoms with van der Waals surface area (Å²) in [5.74, 6) is 2.82. The molecule has 1 fully saturated rings. The average Bonchev–Trinajstić information content (AvgIpc) is 2.75. The monoisotopic (exact) mass is 313 g/mol. The van der Waals surface area contributed by atoms with Gasteiger partial charge in [-0.3, -0.25) is 0 Å². The highest BCUT2D eigenvalue weighted by Crippen LogP contribution is 2.47. The van der Waals surface area contributed by atoms with Gasteiger partial charge in [0.1, 0.15) is 21.1 Å². The quantitative estimate of drug-likeness (QED) is 0.939. The summed E-state index contributed by atoms with van der Waals surface area (Å²) in [6, 6.07) is 3.82. The molecule has 5 heteroatoms. The molecule has 1 aliphatic carbocycles. The number of rotatable bonds is 3. The lowest BCUT2D eigenvalue weighted by Crippen LogP contribution is -1.96. The molecule has 1 N–H and O–H groups in total. The smallest absolute Gasteiger partial charge is 0.163 e. The van der Waals surface area contributed by atoms with E-state index in [0.29, 0.717) is 22.6 Å². The Morgan fingerprint density at radius 3 is 2.94 bits per heavy atom. The predicted molar refractivity (Wildman–Crippen MR) is 69.1 cm³/mol. The Kier molecular flexibility index (Phi) is 2.84. The molecule has 3 nitrogen and oxygen atoms in total. The zero-order valence-corrected chi connectivity index (χ0v) is 11.7. The maximum Gasteiger partial charge on any atom is 0.163 e. The molecule has 0 radical (unpaired) electrons. The van der Waals surface area contributed by atoms with Gasteiger partial charge in [0.15, 0.2) is 6.10 Å². The van der Waals surface area contributed by atoms with Crippen molar-refractivity contribution in [1.29, 1.82) is 0 Å². The molecule has 0 aliphatic heterocycles. The van der Waals surface area contributed by atoms with Gasteiger partial charge in [-0.15, -0.1) is 11.3 Å². The van der Waals surface area contributed by atoms with Crippen LogP contribution in [0.2, 0.25) is 0 Å². The summed E-state index contributed by atoms with van der Waals surface area (Å²) in [6.45, 7) is 2.21. The zero-order chi connectivity index (χ0) is 12.0. The first kappa shape index (κ1) is 11.4. The van der Waals surface area contributed by atoms with E-state index in [1.54, 1.807) is 0 Å². The van der Waals surface area contributed by atoms with E-state index < -0.39 is 6.10 Å². The summed E-state index contributed by atoms with van der Waals surface area (Å²) in [5.41, 5.74) is 0. The van der Waals surface area contributed by atoms with Crippen molar-refractivity contribution in [3.8, 4) is 0 Å². The second kappa shape index (κ2) is 4.23. The largest absolute Gasteiger partial charge is 0.463 e. The van der Waals surface area contributed by atoms with Crippen molar-refractivity contribution >= 4 is 27.3 Å². The molecule has 0 spiro atoms. The van der Waals surface area contributed by atoms with Crippen LogP contribution in [0.1, 0.15) is 41.9 Å². The van der Waals surface area contributed by atoms with Crippen molar-refractivity contribution in [3.05, 3.63) is 38.6 Å². The Balaban J connectivity index is 1.81. The van der Waals surface area contributed by atoms with Gasteiger partial charge in [0.25, 0.3) is 0 Å². The van der Waals surface area contributed by atoms with E-state index in [1.165, 1.54) is 17.8 Å². The van der Waals surface area contributed by atoms with Crippen LogP contribution in [-0.2, 0) is 0 Å². The van der Waals surface area contributed by atoms with Crippen molar-refractivity contribution in [3.63, 3.8) is 0 Å². The van der Waals surface area contributed by atoms with Crippen LogP contribution in [0.5, 0.6) is 0 Å². The minimum absolute atomic E-state index is 0.541. The number of nitrogens with zero attached hydrogens (tertiary/aromatic N) is 1. The van der Waals surface area contributed by atoms with Gasteiger partial charge in [-0.25, -0.2) is 4.98 Å². The minimum atomic E-state index is -0.755. The van der Waals surface area contributed by atoms with E-state index in [4.69, 9.17) is 4.42 Å². The molecule has 2 heterocycles. The molecule has 2 aromatic heterocycles. The predicted octanol–water partition coefficient (Wildman–Crippen LogP) is 3.70. The number of aliphatic hydroxyl groups is 1. The van der Waals surface area contributed by atoms with E-state index in [9.17, 15) is 5.11 Å². The summed E-state index contributed by atoms with van der Waals surface area (Å²) in [7, 11) is 0. The van der Waals surface area contributed by atoms with Crippen LogP contribution >= 0.6 is 27.3 Å². The zero-order valence-electron chi connectivity index (χ0n) is 9.26. The SMILES string of the molecule is CC1CC1c1ccc(C(O)c2nc(Br)cs2)o1. The molecular formula is C12H12BrNO2S. The number of aliphatic hydroxyl groups excluding tert-OH is 1. The first-order valence-electron chi connectivity index (χ1n) is 5.54. The molecule has 3 rings (SSSR count). The number of aromatic nitrogens is 1. The van der Waals surface area contributed by atoms with Crippen LogP contribution in [-0.4, -0.2) is 10.1 Å². The van der Waals surface area contributed by atoms with Crippen molar-refractivity contribution in [2.24, 2.45) is 5.92 Å². The Morgan fingerprint density at radius 1 is 1.59 bits per heavy atom. The standard InChI is InChI=1S/C12H12BrNO2S/c1-6-4-7(6)8-2-3-9(16-8)11(15)12-14-10(13)5-17-12/h2-3,5-7,11,15H,4H2,1H3. The van der Waals surface area contributed by atoms with Crippen LogP contribution in [0.3, 0.4) is 0 Å². The first-order valence-corrected chi connectivity index (χ1v) is 7.21. The molecule has 3 atom stereocenters. The van der Waals surface area contributed by atoms with Crippen LogP contribution in [0.4, 0.5) is 0 Å². The second-order valence-electron chi connectivity index (χ2n) is 4.47. The second-order valence-corrected chi connectivity index (χ2v) is 6.17. The van der Waals surface area contributed by atoms with Crippen molar-refractivity contribution in [2.45, 2.75) is 25.4 Å². The highest BCUT2D eigenvalue weighted by atomic mass is 79.9. The lowest BCUT2D eigenvalue weighted by Gasteiger charge is -2.03. The van der Waals surface area contributed by atoms with Gasteiger partial charge in [-0.1, -0.05) is 6.92 Å². The molecule has 2 aromatic rings. The van der Waals surface area contributed by atoms with Gasteiger partial charge < -0.3 is 9.52 Å². The third-order valence-electron chi connectivity index (χ3n) is 3.12. The topological polar surface area (TPSA) is 46.3 Å². The van der Waals surface area contributed by atoms with Gasteiger partial charge in [0.2, 0.25) is 0 Å². The van der Waals surface area contributed by atoms with Gasteiger partial charge >= 0.3 is 0 Å². The van der Waals surface area contributed by atoms with Crippen LogP contribution in [0, 0.1) is 5.92 Å². The highest BCUT2D eigenvalue weighted by Gasteiger charge is 2.37. The molecule has 17 heavy (non-hydrogen) atoms. The fourth-order valence-electron chi connectivity index (χ4n) is 1.95. The molecule has 0 bridgehead atoms. The number of hydrogen-bond acceptors (Lipinski definition) is 4. The first-order chi connectivity index (χ1) is 8.15. The summed E-state index contributed by atoms with van der Waals surface area (Å²) >= 11 is 4.70. The Hall–Kier alpha value is -0.650. The Morgan fingerprint density at radius 2 is 2.35 bits per heavy atom. The number of hydrogen-bond donors (Lipinski definition) is 1. The highest BCUT2D eigenvalue weighted by molar-refractivity contribution is 9.10. The van der Waals surface area contributed by atoms with Gasteiger partial charge in [0.05, 0.1) is 0 Å². The molecule has 0 aromatic carbocycles. The summed E-state index contributed by atoms with van der Waals surface area (Å²) in [6.07, 6.45) is 0.431. The van der Waals surface area contributed by atoms with Crippen molar-refractivity contribution in [1.82, 2.24) is 4.98 Å². The van der Waals surface area contributed by atoms with Crippen molar-refractivity contribution < 1.29 is 9.52 Å². The molecule has 0 amide bonds. The van der Waals surface area contributed by atoms with Crippen molar-refractivity contribution in [2.75, 3.05) is 0 Å². The van der Waals surface area contributed by atoms with Crippen LogP contribution in [0.25, 0.3) is 0 Å². The van der Waals surface area contributed by atoms with E-state index in [1.807, 2.05) is 17.5 Å². The van der Waals surface area contributed by atoms with E-state index in [-0.39, 0.29) is 0 Å². The van der Waals surface area contributed by atoms with E-state index in [0.717, 1.165) is 10.4 Å². The molecule has 3 unspecified atom stereocenters. The summed E-state index contributed by atoms with van der Waals surface area (Å²) in [4.78, 5) is 4.20. The summed E-state index contributed by atoms with van der Waals surface area (Å²) < 4.78 is 6.45. The van der Waals surface area contributed by atoms with Gasteiger partial charge in [0, 0.05) is 11.3 Å². The van der Waals surface area contributed by atoms with Crippen LogP contribution in [0.15, 0.2) is 26.5 Å². The maximum absolute atomic E-state index is 10.1. The normalized spacial score (nSPS) is 24.9. The molecular weight excluding hydrogens is 302 g/mol. The fourth-order valence-corrected chi connectivity index (χ4v) is 3.20. The van der Waals surface area contributed by atoms with E-state index in [2.05, 4.69) is 27.8 Å². The Labute approximate surface area is 112 Å². The minimum Gasteiger partial charge on any atom is -0.463 e. The lowest BCUT2D eigenvalue weighted by atomic mass is 10.2. The molecule has 90 valence electrons. The number of halogens is 1. The molecule has 1 aliphatic rings. The molecule has 1 saturated carbocycles. The lowest BCUT2D eigenvalue weighted by molar-refractivity contribution is 0.186. The number of furan rings is 1. The van der Waals surface area contributed by atoms with E-state index >= 15 is 0 Å². The van der Waals surface area contributed by atoms with Gasteiger partial charge in [-0.05, 0) is 40.4 Å². The third-order valence-corrected chi connectivity index (χ3v) is 4.73. The maximum atomic E-state index is 10.1. The average molecular weight is 314 g/mol. The number of thiazole rings is 1.